The van der Waals surface area contributed by atoms with Crippen LogP contribution in [0.3, 0.4) is 0 Å². The van der Waals surface area contributed by atoms with Crippen LogP contribution in [0.4, 0.5) is 4.39 Å². The van der Waals surface area contributed by atoms with E-state index in [4.69, 9.17) is 0 Å². The lowest BCUT2D eigenvalue weighted by atomic mass is 10.2. The van der Waals surface area contributed by atoms with Gasteiger partial charge < -0.3 is 0 Å². The van der Waals surface area contributed by atoms with Crippen LogP contribution in [0.25, 0.3) is 0 Å². The zero-order valence-corrected chi connectivity index (χ0v) is 10.2. The highest BCUT2D eigenvalue weighted by Crippen LogP contribution is 2.18. The van der Waals surface area contributed by atoms with Crippen molar-refractivity contribution in [1.82, 2.24) is 0 Å². The molecule has 1 aromatic carbocycles. The molecule has 3 nitrogen and oxygen atoms in total. The Kier molecular flexibility index (Phi) is 3.35. The molecule has 6 heteroatoms. The first-order valence-electron chi connectivity index (χ1n) is 4.68. The largest absolute Gasteiger partial charge is 0.291 e. The molecule has 17 heavy (non-hydrogen) atoms. The average Bonchev–Trinajstić information content (AvgIpc) is 2.82. The molecule has 1 aromatic heterocycles. The number of rotatable bonds is 3. The second-order valence-corrected chi connectivity index (χ2v) is 5.97. The van der Waals surface area contributed by atoms with Crippen molar-refractivity contribution in [3.05, 3.63) is 53.2 Å². The zero-order valence-electron chi connectivity index (χ0n) is 8.58. The smallest absolute Gasteiger partial charge is 0.206 e. The molecule has 0 aliphatic carbocycles. The fourth-order valence-corrected chi connectivity index (χ4v) is 3.01. The SMILES string of the molecule is O=S(=O)(/N=C\c1ccccc1F)c1cccs1. The Balaban J connectivity index is 2.31. The first-order valence-corrected chi connectivity index (χ1v) is 7.00. The van der Waals surface area contributed by atoms with Gasteiger partial charge in [-0.1, -0.05) is 24.3 Å². The average molecular weight is 269 g/mol. The Morgan fingerprint density at radius 1 is 1.18 bits per heavy atom. The van der Waals surface area contributed by atoms with Crippen LogP contribution < -0.4 is 0 Å². The lowest BCUT2D eigenvalue weighted by molar-refractivity contribution is 0.600. The van der Waals surface area contributed by atoms with Crippen molar-refractivity contribution in [3.63, 3.8) is 0 Å². The van der Waals surface area contributed by atoms with E-state index in [1.54, 1.807) is 17.5 Å². The molecule has 0 spiro atoms. The summed E-state index contributed by atoms with van der Waals surface area (Å²) in [6.07, 6.45) is 1.02. The standard InChI is InChI=1S/C11H8FNO2S2/c12-10-5-2-1-4-9(10)8-13-17(14,15)11-6-3-7-16-11/h1-8H/b13-8-. The topological polar surface area (TPSA) is 46.5 Å². The third-order valence-electron chi connectivity index (χ3n) is 1.99. The molecule has 0 unspecified atom stereocenters. The molecular formula is C11H8FNO2S2. The summed E-state index contributed by atoms with van der Waals surface area (Å²) in [5.41, 5.74) is 0.146. The summed E-state index contributed by atoms with van der Waals surface area (Å²) < 4.78 is 40.2. The van der Waals surface area contributed by atoms with Gasteiger partial charge in [-0.2, -0.15) is 12.8 Å². The molecule has 0 amide bonds. The summed E-state index contributed by atoms with van der Waals surface area (Å²) >= 11 is 1.07. The summed E-state index contributed by atoms with van der Waals surface area (Å²) in [6.45, 7) is 0. The summed E-state index contributed by atoms with van der Waals surface area (Å²) in [7, 11) is -3.71. The van der Waals surface area contributed by atoms with Crippen LogP contribution in [0.5, 0.6) is 0 Å². The summed E-state index contributed by atoms with van der Waals surface area (Å²) in [5.74, 6) is -0.502. The number of hydrogen-bond acceptors (Lipinski definition) is 3. The van der Waals surface area contributed by atoms with E-state index in [1.165, 1.54) is 24.3 Å². The minimum atomic E-state index is -3.71. The van der Waals surface area contributed by atoms with Crippen LogP contribution in [-0.4, -0.2) is 14.6 Å². The number of halogens is 1. The second kappa shape index (κ2) is 4.77. The molecule has 0 fully saturated rings. The van der Waals surface area contributed by atoms with E-state index in [1.807, 2.05) is 0 Å². The van der Waals surface area contributed by atoms with Gasteiger partial charge in [0.25, 0.3) is 10.0 Å². The number of benzene rings is 1. The van der Waals surface area contributed by atoms with Crippen LogP contribution in [-0.2, 0) is 10.0 Å². The lowest BCUT2D eigenvalue weighted by Crippen LogP contribution is -1.96. The third kappa shape index (κ3) is 2.78. The van der Waals surface area contributed by atoms with Crippen molar-refractivity contribution in [3.8, 4) is 0 Å². The fraction of sp³-hybridized carbons (Fsp3) is 0. The van der Waals surface area contributed by atoms with E-state index in [9.17, 15) is 12.8 Å². The maximum absolute atomic E-state index is 13.2. The van der Waals surface area contributed by atoms with Gasteiger partial charge in [-0.3, -0.25) is 0 Å². The van der Waals surface area contributed by atoms with Crippen molar-refractivity contribution in [1.29, 1.82) is 0 Å². The molecule has 0 bridgehead atoms. The van der Waals surface area contributed by atoms with Crippen LogP contribution in [0.1, 0.15) is 5.56 Å². The Labute approximate surface area is 102 Å². The number of nitrogens with zero attached hydrogens (tertiary/aromatic N) is 1. The van der Waals surface area contributed by atoms with Crippen LogP contribution >= 0.6 is 11.3 Å². The predicted molar refractivity (Wildman–Crippen MR) is 65.5 cm³/mol. The molecule has 0 radical (unpaired) electrons. The third-order valence-corrected chi connectivity index (χ3v) is 4.59. The predicted octanol–water partition coefficient (Wildman–Crippen LogP) is 2.70. The van der Waals surface area contributed by atoms with Crippen molar-refractivity contribution >= 4 is 27.6 Å². The van der Waals surface area contributed by atoms with E-state index in [-0.39, 0.29) is 9.77 Å². The first kappa shape index (κ1) is 11.9. The van der Waals surface area contributed by atoms with Crippen molar-refractivity contribution in [2.45, 2.75) is 4.21 Å². The van der Waals surface area contributed by atoms with E-state index in [0.717, 1.165) is 17.6 Å². The van der Waals surface area contributed by atoms with Gasteiger partial charge in [-0.15, -0.1) is 11.3 Å². The molecule has 2 aromatic rings. The van der Waals surface area contributed by atoms with Crippen LogP contribution in [0.15, 0.2) is 50.4 Å². The highest BCUT2D eigenvalue weighted by Gasteiger charge is 2.12. The molecule has 0 aliphatic heterocycles. The maximum atomic E-state index is 13.2. The molecular weight excluding hydrogens is 261 g/mol. The van der Waals surface area contributed by atoms with Gasteiger partial charge in [0.2, 0.25) is 0 Å². The second-order valence-electron chi connectivity index (χ2n) is 3.16. The minimum absolute atomic E-state index is 0.144. The zero-order chi connectivity index (χ0) is 12.3. The van der Waals surface area contributed by atoms with Crippen molar-refractivity contribution in [2.75, 3.05) is 0 Å². The van der Waals surface area contributed by atoms with E-state index in [0.29, 0.717) is 0 Å². The normalized spacial score (nSPS) is 12.1. The minimum Gasteiger partial charge on any atom is -0.206 e. The molecule has 1 heterocycles. The van der Waals surface area contributed by atoms with Crippen LogP contribution in [0, 0.1) is 5.82 Å². The van der Waals surface area contributed by atoms with Gasteiger partial charge in [0.05, 0.1) is 6.21 Å². The quantitative estimate of drug-likeness (QED) is 0.804. The van der Waals surface area contributed by atoms with Gasteiger partial charge in [0.15, 0.2) is 0 Å². The molecule has 88 valence electrons. The van der Waals surface area contributed by atoms with Gasteiger partial charge in [0, 0.05) is 5.56 Å². The highest BCUT2D eigenvalue weighted by molar-refractivity contribution is 7.92. The molecule has 0 atom stereocenters. The van der Waals surface area contributed by atoms with E-state index in [2.05, 4.69) is 4.40 Å². The number of sulfonamides is 1. The Morgan fingerprint density at radius 3 is 2.59 bits per heavy atom. The number of hydrogen-bond donors (Lipinski definition) is 0. The Bertz CT molecular complexity index is 633. The lowest BCUT2D eigenvalue weighted by Gasteiger charge is -1.95. The maximum Gasteiger partial charge on any atom is 0.291 e. The van der Waals surface area contributed by atoms with Crippen LogP contribution in [0.2, 0.25) is 0 Å². The highest BCUT2D eigenvalue weighted by atomic mass is 32.2. The van der Waals surface area contributed by atoms with Crippen molar-refractivity contribution < 1.29 is 12.8 Å². The molecule has 0 aliphatic rings. The summed E-state index contributed by atoms with van der Waals surface area (Å²) in [5, 5.41) is 1.64. The molecule has 0 saturated heterocycles. The summed E-state index contributed by atoms with van der Waals surface area (Å²) in [6, 6.07) is 8.93. The van der Waals surface area contributed by atoms with Crippen molar-refractivity contribution in [2.24, 2.45) is 4.40 Å². The van der Waals surface area contributed by atoms with Gasteiger partial charge in [0.1, 0.15) is 10.0 Å². The van der Waals surface area contributed by atoms with E-state index < -0.39 is 15.8 Å². The fourth-order valence-electron chi connectivity index (χ4n) is 1.17. The Morgan fingerprint density at radius 2 is 1.94 bits per heavy atom. The van der Waals surface area contributed by atoms with Gasteiger partial charge in [-0.05, 0) is 17.5 Å². The molecule has 0 N–H and O–H groups in total. The monoisotopic (exact) mass is 269 g/mol. The van der Waals surface area contributed by atoms with E-state index >= 15 is 0 Å². The molecule has 0 saturated carbocycles. The molecule has 2 rings (SSSR count). The first-order chi connectivity index (χ1) is 8.09. The number of thiophene rings is 1. The van der Waals surface area contributed by atoms with Gasteiger partial charge in [-0.25, -0.2) is 4.39 Å². The van der Waals surface area contributed by atoms with Gasteiger partial charge >= 0.3 is 0 Å². The summed E-state index contributed by atoms with van der Waals surface area (Å²) in [4.78, 5) is 0. The Hall–Kier alpha value is -1.53.